The van der Waals surface area contributed by atoms with Gasteiger partial charge in [-0.05, 0) is 35.9 Å². The summed E-state index contributed by atoms with van der Waals surface area (Å²) >= 11 is 1.48. The molecule has 0 radical (unpaired) electrons. The molecule has 0 saturated carbocycles. The van der Waals surface area contributed by atoms with E-state index < -0.39 is 0 Å². The summed E-state index contributed by atoms with van der Waals surface area (Å²) in [6.07, 6.45) is 0. The fraction of sp³-hybridized carbons (Fsp3) is 0.133. The SMILES string of the molecule is COc1ccc2nc(SCc3cc(F)ccc3N)[nH]c2c1. The predicted octanol–water partition coefficient (Wildman–Crippen LogP) is 3.59. The number of anilines is 1. The van der Waals surface area contributed by atoms with Crippen LogP contribution in [0.2, 0.25) is 0 Å². The summed E-state index contributed by atoms with van der Waals surface area (Å²) < 4.78 is 18.4. The van der Waals surface area contributed by atoms with Crippen molar-refractivity contribution < 1.29 is 9.13 Å². The highest BCUT2D eigenvalue weighted by molar-refractivity contribution is 7.98. The van der Waals surface area contributed by atoms with E-state index in [1.807, 2.05) is 18.2 Å². The number of H-pyrrole nitrogens is 1. The number of thioether (sulfide) groups is 1. The van der Waals surface area contributed by atoms with Crippen LogP contribution in [0.4, 0.5) is 10.1 Å². The Morgan fingerprint density at radius 3 is 2.95 bits per heavy atom. The van der Waals surface area contributed by atoms with Crippen LogP contribution in [0.1, 0.15) is 5.56 Å². The largest absolute Gasteiger partial charge is 0.497 e. The van der Waals surface area contributed by atoms with E-state index in [4.69, 9.17) is 10.5 Å². The standard InChI is InChI=1S/C15H14FN3OS/c1-20-11-3-5-13-14(7-11)19-15(18-13)21-8-9-6-10(16)2-4-12(9)17/h2-7H,8,17H2,1H3,(H,18,19). The number of hydrogen-bond donors (Lipinski definition) is 2. The average Bonchev–Trinajstić information content (AvgIpc) is 2.89. The first-order valence-corrected chi connectivity index (χ1v) is 7.35. The first-order valence-electron chi connectivity index (χ1n) is 6.36. The van der Waals surface area contributed by atoms with Gasteiger partial charge in [-0.3, -0.25) is 0 Å². The fourth-order valence-corrected chi connectivity index (χ4v) is 2.89. The maximum Gasteiger partial charge on any atom is 0.166 e. The highest BCUT2D eigenvalue weighted by atomic mass is 32.2. The minimum absolute atomic E-state index is 0.283. The molecule has 0 atom stereocenters. The van der Waals surface area contributed by atoms with Crippen molar-refractivity contribution in [2.75, 3.05) is 12.8 Å². The average molecular weight is 303 g/mol. The van der Waals surface area contributed by atoms with Crippen molar-refractivity contribution in [3.8, 4) is 5.75 Å². The molecule has 0 aliphatic carbocycles. The van der Waals surface area contributed by atoms with Gasteiger partial charge in [0.25, 0.3) is 0 Å². The molecule has 0 fully saturated rings. The van der Waals surface area contributed by atoms with Gasteiger partial charge in [-0.2, -0.15) is 0 Å². The van der Waals surface area contributed by atoms with E-state index in [0.29, 0.717) is 11.4 Å². The summed E-state index contributed by atoms with van der Waals surface area (Å²) in [5.74, 6) is 1.05. The molecule has 3 rings (SSSR count). The number of ether oxygens (including phenoxy) is 1. The number of methoxy groups -OCH3 is 1. The Morgan fingerprint density at radius 1 is 1.29 bits per heavy atom. The van der Waals surface area contributed by atoms with Crippen molar-refractivity contribution in [2.24, 2.45) is 0 Å². The lowest BCUT2D eigenvalue weighted by Gasteiger charge is -2.03. The van der Waals surface area contributed by atoms with Gasteiger partial charge in [0, 0.05) is 17.5 Å². The van der Waals surface area contributed by atoms with Crippen LogP contribution < -0.4 is 10.5 Å². The first-order chi connectivity index (χ1) is 10.2. The third-order valence-corrected chi connectivity index (χ3v) is 4.06. The van der Waals surface area contributed by atoms with E-state index in [2.05, 4.69) is 9.97 Å². The third kappa shape index (κ3) is 2.95. The lowest BCUT2D eigenvalue weighted by atomic mass is 10.2. The molecule has 0 unspecified atom stereocenters. The molecule has 3 N–H and O–H groups in total. The summed E-state index contributed by atoms with van der Waals surface area (Å²) in [7, 11) is 1.62. The molecule has 0 spiro atoms. The molecule has 0 saturated heterocycles. The van der Waals surface area contributed by atoms with Crippen LogP contribution in [0.3, 0.4) is 0 Å². The molecule has 4 nitrogen and oxygen atoms in total. The molecular formula is C15H14FN3OS. The Hall–Kier alpha value is -2.21. The summed E-state index contributed by atoms with van der Waals surface area (Å²) in [5.41, 5.74) is 8.96. The quantitative estimate of drug-likeness (QED) is 0.571. The number of hydrogen-bond acceptors (Lipinski definition) is 4. The zero-order valence-corrected chi connectivity index (χ0v) is 12.2. The maximum atomic E-state index is 13.2. The van der Waals surface area contributed by atoms with E-state index in [9.17, 15) is 4.39 Å². The monoisotopic (exact) mass is 303 g/mol. The smallest absolute Gasteiger partial charge is 0.166 e. The molecule has 0 aliphatic rings. The Morgan fingerprint density at radius 2 is 2.14 bits per heavy atom. The third-order valence-electron chi connectivity index (χ3n) is 3.14. The normalized spacial score (nSPS) is 11.0. The van der Waals surface area contributed by atoms with E-state index in [1.54, 1.807) is 13.2 Å². The van der Waals surface area contributed by atoms with Gasteiger partial charge in [0.15, 0.2) is 5.16 Å². The van der Waals surface area contributed by atoms with Crippen molar-refractivity contribution >= 4 is 28.5 Å². The van der Waals surface area contributed by atoms with Crippen LogP contribution in [0.15, 0.2) is 41.6 Å². The molecule has 21 heavy (non-hydrogen) atoms. The molecule has 0 amide bonds. The fourth-order valence-electron chi connectivity index (χ4n) is 2.01. The second-order valence-electron chi connectivity index (χ2n) is 4.56. The van der Waals surface area contributed by atoms with Gasteiger partial charge in [-0.1, -0.05) is 11.8 Å². The Kier molecular flexibility index (Phi) is 3.70. The Balaban J connectivity index is 1.80. The second-order valence-corrected chi connectivity index (χ2v) is 5.52. The number of fused-ring (bicyclic) bond motifs is 1. The molecule has 108 valence electrons. The maximum absolute atomic E-state index is 13.2. The number of benzene rings is 2. The molecule has 2 aromatic carbocycles. The highest BCUT2D eigenvalue weighted by Crippen LogP contribution is 2.27. The Bertz CT molecular complexity index is 788. The van der Waals surface area contributed by atoms with Crippen molar-refractivity contribution in [1.29, 1.82) is 0 Å². The number of nitrogens with one attached hydrogen (secondary N) is 1. The molecule has 1 heterocycles. The van der Waals surface area contributed by atoms with E-state index in [-0.39, 0.29) is 5.82 Å². The van der Waals surface area contributed by atoms with Gasteiger partial charge in [-0.25, -0.2) is 9.37 Å². The van der Waals surface area contributed by atoms with Crippen LogP contribution in [-0.2, 0) is 5.75 Å². The van der Waals surface area contributed by atoms with Gasteiger partial charge in [0.1, 0.15) is 11.6 Å². The number of imidazole rings is 1. The van der Waals surface area contributed by atoms with Gasteiger partial charge in [0.2, 0.25) is 0 Å². The second kappa shape index (κ2) is 5.65. The number of halogens is 1. The van der Waals surface area contributed by atoms with Crippen LogP contribution in [0.25, 0.3) is 11.0 Å². The Labute approximate surface area is 125 Å². The van der Waals surface area contributed by atoms with E-state index in [1.165, 1.54) is 23.9 Å². The van der Waals surface area contributed by atoms with Gasteiger partial charge in [-0.15, -0.1) is 0 Å². The molecule has 3 aromatic rings. The number of rotatable bonds is 4. The van der Waals surface area contributed by atoms with Gasteiger partial charge < -0.3 is 15.5 Å². The van der Waals surface area contributed by atoms with Crippen LogP contribution in [-0.4, -0.2) is 17.1 Å². The number of aromatic nitrogens is 2. The molecule has 6 heteroatoms. The molecular weight excluding hydrogens is 289 g/mol. The topological polar surface area (TPSA) is 63.9 Å². The number of aromatic amines is 1. The van der Waals surface area contributed by atoms with Crippen LogP contribution >= 0.6 is 11.8 Å². The minimum Gasteiger partial charge on any atom is -0.497 e. The number of nitrogen functional groups attached to an aromatic ring is 1. The van der Waals surface area contributed by atoms with Crippen LogP contribution in [0.5, 0.6) is 5.75 Å². The van der Waals surface area contributed by atoms with Gasteiger partial charge >= 0.3 is 0 Å². The summed E-state index contributed by atoms with van der Waals surface area (Å²) in [4.78, 5) is 7.68. The summed E-state index contributed by atoms with van der Waals surface area (Å²) in [6.45, 7) is 0. The molecule has 1 aromatic heterocycles. The van der Waals surface area contributed by atoms with Gasteiger partial charge in [0.05, 0.1) is 18.1 Å². The summed E-state index contributed by atoms with van der Waals surface area (Å²) in [5, 5.41) is 0.766. The van der Waals surface area contributed by atoms with Crippen molar-refractivity contribution in [2.45, 2.75) is 10.9 Å². The first kappa shape index (κ1) is 13.8. The molecule has 0 bridgehead atoms. The highest BCUT2D eigenvalue weighted by Gasteiger charge is 2.07. The minimum atomic E-state index is -0.283. The number of nitrogens with two attached hydrogens (primary N) is 1. The van der Waals surface area contributed by atoms with Crippen LogP contribution in [0, 0.1) is 5.82 Å². The lowest BCUT2D eigenvalue weighted by molar-refractivity contribution is 0.415. The number of nitrogens with zero attached hydrogens (tertiary/aromatic N) is 1. The van der Waals surface area contributed by atoms with E-state index >= 15 is 0 Å². The zero-order chi connectivity index (χ0) is 14.8. The lowest BCUT2D eigenvalue weighted by Crippen LogP contribution is -1.93. The predicted molar refractivity (Wildman–Crippen MR) is 83.0 cm³/mol. The molecule has 0 aliphatic heterocycles. The van der Waals surface area contributed by atoms with Crippen molar-refractivity contribution in [1.82, 2.24) is 9.97 Å². The zero-order valence-electron chi connectivity index (χ0n) is 11.4. The van der Waals surface area contributed by atoms with Crippen molar-refractivity contribution in [3.05, 3.63) is 47.8 Å². The summed E-state index contributed by atoms with van der Waals surface area (Å²) in [6, 6.07) is 10.0. The van der Waals surface area contributed by atoms with Crippen molar-refractivity contribution in [3.63, 3.8) is 0 Å². The van der Waals surface area contributed by atoms with E-state index in [0.717, 1.165) is 27.5 Å².